The average Bonchev–Trinajstić information content (AvgIpc) is 2.73. The molecule has 1 aromatic heterocycles. The van der Waals surface area contributed by atoms with Crippen molar-refractivity contribution in [2.75, 3.05) is 0 Å². The first-order valence-electron chi connectivity index (χ1n) is 6.39. The zero-order valence-electron chi connectivity index (χ0n) is 10.6. The second-order valence-electron chi connectivity index (χ2n) is 5.37. The van der Waals surface area contributed by atoms with Gasteiger partial charge in [-0.05, 0) is 43.2 Å². The number of hydrogen-bond acceptors (Lipinski definition) is 3. The van der Waals surface area contributed by atoms with Crippen LogP contribution in [0.5, 0.6) is 0 Å². The van der Waals surface area contributed by atoms with Gasteiger partial charge in [0.05, 0.1) is 0 Å². The van der Waals surface area contributed by atoms with Crippen LogP contribution in [0.1, 0.15) is 42.9 Å². The third-order valence-electron chi connectivity index (χ3n) is 3.52. The van der Waals surface area contributed by atoms with Crippen LogP contribution in [-0.2, 0) is 6.54 Å². The first-order valence-corrected chi connectivity index (χ1v) is 7.21. The maximum absolute atomic E-state index is 8.78. The number of rotatable bonds is 3. The molecule has 3 heteroatoms. The van der Waals surface area contributed by atoms with Crippen LogP contribution >= 0.6 is 11.3 Å². The van der Waals surface area contributed by atoms with Crippen LogP contribution in [0.4, 0.5) is 0 Å². The Balaban J connectivity index is 1.83. The normalized spacial score (nSPS) is 28.9. The first kappa shape index (κ1) is 12.6. The van der Waals surface area contributed by atoms with Crippen molar-refractivity contribution in [3.63, 3.8) is 0 Å². The lowest BCUT2D eigenvalue weighted by Gasteiger charge is -2.32. The highest BCUT2D eigenvalue weighted by Gasteiger charge is 2.23. The maximum atomic E-state index is 8.78. The second-order valence-corrected chi connectivity index (χ2v) is 6.54. The first-order chi connectivity index (χ1) is 8.17. The molecule has 0 aliphatic heterocycles. The second kappa shape index (κ2) is 5.66. The molecule has 2 unspecified atom stereocenters. The molecule has 2 rings (SSSR count). The number of nitrogens with zero attached hydrogens (tertiary/aromatic N) is 1. The van der Waals surface area contributed by atoms with Crippen LogP contribution in [-0.4, -0.2) is 6.04 Å². The molecule has 0 aromatic carbocycles. The van der Waals surface area contributed by atoms with Crippen molar-refractivity contribution in [1.82, 2.24) is 5.32 Å². The van der Waals surface area contributed by atoms with Gasteiger partial charge in [0.25, 0.3) is 0 Å². The molecule has 0 saturated heterocycles. The summed E-state index contributed by atoms with van der Waals surface area (Å²) in [5.74, 6) is 1.68. The molecule has 1 fully saturated rings. The van der Waals surface area contributed by atoms with E-state index in [1.54, 1.807) is 11.3 Å². The van der Waals surface area contributed by atoms with E-state index in [0.717, 1.165) is 23.3 Å². The highest BCUT2D eigenvalue weighted by atomic mass is 32.1. The lowest BCUT2D eigenvalue weighted by molar-refractivity contribution is 0.238. The monoisotopic (exact) mass is 248 g/mol. The van der Waals surface area contributed by atoms with Crippen LogP contribution in [0.2, 0.25) is 0 Å². The summed E-state index contributed by atoms with van der Waals surface area (Å²) in [7, 11) is 0. The minimum absolute atomic E-state index is 0.654. The van der Waals surface area contributed by atoms with Crippen LogP contribution < -0.4 is 5.32 Å². The zero-order chi connectivity index (χ0) is 12.3. The third kappa shape index (κ3) is 3.55. The fourth-order valence-corrected chi connectivity index (χ4v) is 3.65. The van der Waals surface area contributed by atoms with Crippen molar-refractivity contribution in [3.05, 3.63) is 21.9 Å². The van der Waals surface area contributed by atoms with Gasteiger partial charge < -0.3 is 5.32 Å². The molecular weight excluding hydrogens is 228 g/mol. The van der Waals surface area contributed by atoms with Crippen molar-refractivity contribution in [1.29, 1.82) is 5.26 Å². The van der Waals surface area contributed by atoms with Gasteiger partial charge in [0.2, 0.25) is 0 Å². The van der Waals surface area contributed by atoms with Crippen molar-refractivity contribution in [2.24, 2.45) is 11.8 Å². The highest BCUT2D eigenvalue weighted by Crippen LogP contribution is 2.28. The molecule has 2 nitrogen and oxygen atoms in total. The standard InChI is InChI=1S/C14H20N2S/c1-10-5-11(2)7-12(6-10)16-9-14-4-3-13(8-15)17-14/h3-4,10-12,16H,5-7,9H2,1-2H3. The van der Waals surface area contributed by atoms with E-state index in [4.69, 9.17) is 5.26 Å². The lowest BCUT2D eigenvalue weighted by Crippen LogP contribution is -2.35. The Bertz CT molecular complexity index is 395. The SMILES string of the molecule is CC1CC(C)CC(NCc2ccc(C#N)s2)C1. The van der Waals surface area contributed by atoms with Crippen LogP contribution in [0.3, 0.4) is 0 Å². The van der Waals surface area contributed by atoms with E-state index in [1.165, 1.54) is 24.1 Å². The van der Waals surface area contributed by atoms with Gasteiger partial charge in [0, 0.05) is 17.5 Å². The van der Waals surface area contributed by atoms with Gasteiger partial charge >= 0.3 is 0 Å². The molecule has 2 atom stereocenters. The number of nitrogens with one attached hydrogen (secondary N) is 1. The van der Waals surface area contributed by atoms with Crippen LogP contribution in [0.25, 0.3) is 0 Å². The molecule has 92 valence electrons. The highest BCUT2D eigenvalue weighted by molar-refractivity contribution is 7.12. The van der Waals surface area contributed by atoms with E-state index in [0.29, 0.717) is 6.04 Å². The van der Waals surface area contributed by atoms with Crippen LogP contribution in [0, 0.1) is 23.2 Å². The summed E-state index contributed by atoms with van der Waals surface area (Å²) in [5, 5.41) is 12.4. The van der Waals surface area contributed by atoms with E-state index < -0.39 is 0 Å². The molecule has 1 aliphatic rings. The summed E-state index contributed by atoms with van der Waals surface area (Å²) < 4.78 is 0. The van der Waals surface area contributed by atoms with E-state index in [1.807, 2.05) is 6.07 Å². The zero-order valence-corrected chi connectivity index (χ0v) is 11.4. The van der Waals surface area contributed by atoms with Gasteiger partial charge in [-0.2, -0.15) is 5.26 Å². The minimum atomic E-state index is 0.654. The van der Waals surface area contributed by atoms with Gasteiger partial charge in [-0.1, -0.05) is 13.8 Å². The molecule has 1 saturated carbocycles. The Morgan fingerprint density at radius 1 is 1.29 bits per heavy atom. The fraction of sp³-hybridized carbons (Fsp3) is 0.643. The molecule has 0 amide bonds. The Morgan fingerprint density at radius 2 is 2.00 bits per heavy atom. The quantitative estimate of drug-likeness (QED) is 0.888. The van der Waals surface area contributed by atoms with E-state index in [9.17, 15) is 0 Å². The van der Waals surface area contributed by atoms with E-state index >= 15 is 0 Å². The molecule has 1 heterocycles. The number of hydrogen-bond donors (Lipinski definition) is 1. The predicted molar refractivity (Wildman–Crippen MR) is 71.8 cm³/mol. The predicted octanol–water partition coefficient (Wildman–Crippen LogP) is 3.53. The third-order valence-corrected chi connectivity index (χ3v) is 4.51. The number of nitriles is 1. The lowest BCUT2D eigenvalue weighted by atomic mass is 9.80. The summed E-state index contributed by atoms with van der Waals surface area (Å²) in [4.78, 5) is 2.08. The van der Waals surface area contributed by atoms with Gasteiger partial charge in [-0.25, -0.2) is 0 Å². The van der Waals surface area contributed by atoms with Gasteiger partial charge in [0.15, 0.2) is 0 Å². The van der Waals surface area contributed by atoms with Crippen molar-refractivity contribution >= 4 is 11.3 Å². The summed E-state index contributed by atoms with van der Waals surface area (Å²) in [6.07, 6.45) is 3.96. The smallest absolute Gasteiger partial charge is 0.110 e. The molecule has 0 radical (unpaired) electrons. The van der Waals surface area contributed by atoms with Gasteiger partial charge in [0.1, 0.15) is 10.9 Å². The van der Waals surface area contributed by atoms with Crippen molar-refractivity contribution in [2.45, 2.75) is 45.7 Å². The van der Waals surface area contributed by atoms with E-state index in [2.05, 4.69) is 31.3 Å². The Morgan fingerprint density at radius 3 is 2.59 bits per heavy atom. The largest absolute Gasteiger partial charge is 0.309 e. The summed E-state index contributed by atoms with van der Waals surface area (Å²) in [6.45, 7) is 5.61. The van der Waals surface area contributed by atoms with Crippen LogP contribution in [0.15, 0.2) is 12.1 Å². The Hall–Kier alpha value is -0.850. The maximum Gasteiger partial charge on any atom is 0.110 e. The Kier molecular flexibility index (Phi) is 4.20. The van der Waals surface area contributed by atoms with E-state index in [-0.39, 0.29) is 0 Å². The summed E-state index contributed by atoms with van der Waals surface area (Å²) >= 11 is 1.60. The molecule has 1 aliphatic carbocycles. The van der Waals surface area contributed by atoms with Gasteiger partial charge in [-0.15, -0.1) is 11.3 Å². The molecule has 1 N–H and O–H groups in total. The summed E-state index contributed by atoms with van der Waals surface area (Å²) in [6, 6.07) is 6.82. The molecule has 0 spiro atoms. The van der Waals surface area contributed by atoms with Crippen molar-refractivity contribution in [3.8, 4) is 6.07 Å². The Labute approximate surface area is 108 Å². The average molecular weight is 248 g/mol. The topological polar surface area (TPSA) is 35.8 Å². The molecule has 17 heavy (non-hydrogen) atoms. The van der Waals surface area contributed by atoms with Crippen molar-refractivity contribution < 1.29 is 0 Å². The fourth-order valence-electron chi connectivity index (χ4n) is 2.89. The minimum Gasteiger partial charge on any atom is -0.309 e. The molecule has 0 bridgehead atoms. The molecule has 1 aromatic rings. The number of thiophene rings is 1. The summed E-state index contributed by atoms with van der Waals surface area (Å²) in [5.41, 5.74) is 0. The van der Waals surface area contributed by atoms with Gasteiger partial charge in [-0.3, -0.25) is 0 Å². The molecular formula is C14H20N2S.